The zero-order valence-corrected chi connectivity index (χ0v) is 18.0. The highest BCUT2D eigenvalue weighted by atomic mass is 35.5. The Hall–Kier alpha value is -1.94. The van der Waals surface area contributed by atoms with Crippen LogP contribution in [0.25, 0.3) is 0 Å². The van der Waals surface area contributed by atoms with E-state index in [2.05, 4.69) is 0 Å². The maximum absolute atomic E-state index is 14.3. The van der Waals surface area contributed by atoms with Gasteiger partial charge in [-0.2, -0.15) is 8.70 Å². The van der Waals surface area contributed by atoms with Gasteiger partial charge in [0.05, 0.1) is 11.1 Å². The quantitative estimate of drug-likeness (QED) is 0.662. The lowest BCUT2D eigenvalue weighted by Crippen LogP contribution is -2.34. The Morgan fingerprint density at radius 1 is 1.30 bits per heavy atom. The van der Waals surface area contributed by atoms with Crippen LogP contribution in [0.15, 0.2) is 29.2 Å². The summed E-state index contributed by atoms with van der Waals surface area (Å²) in [6.07, 6.45) is 1.07. The second kappa shape index (κ2) is 8.66. The highest BCUT2D eigenvalue weighted by Gasteiger charge is 2.36. The standard InChI is InChI=1S/C19H17Cl2F2NO5S/c1-24(30(27,28)16-7-10(20)5-6-13(16)21)15-4-2-3-11-12(15)8-14(22)18(23)19(11)29-9-17(25)26/h5-8,15H,2-4,9H2,1H3,(H,25,26). The van der Waals surface area contributed by atoms with Crippen molar-refractivity contribution in [1.29, 1.82) is 0 Å². The smallest absolute Gasteiger partial charge is 0.341 e. The summed E-state index contributed by atoms with van der Waals surface area (Å²) in [6, 6.07) is 4.10. The van der Waals surface area contributed by atoms with E-state index in [9.17, 15) is 22.0 Å². The van der Waals surface area contributed by atoms with Gasteiger partial charge in [-0.15, -0.1) is 0 Å². The van der Waals surface area contributed by atoms with Crippen LogP contribution in [0.5, 0.6) is 5.75 Å². The predicted molar refractivity (Wildman–Crippen MR) is 107 cm³/mol. The second-order valence-corrected chi connectivity index (χ2v) is 9.57. The highest BCUT2D eigenvalue weighted by Crippen LogP contribution is 2.42. The number of rotatable bonds is 6. The van der Waals surface area contributed by atoms with E-state index < -0.39 is 46.0 Å². The minimum absolute atomic E-state index is 0.0296. The molecule has 0 fully saturated rings. The fourth-order valence-corrected chi connectivity index (χ4v) is 5.60. The first-order chi connectivity index (χ1) is 14.0. The van der Waals surface area contributed by atoms with Crippen molar-refractivity contribution in [2.75, 3.05) is 13.7 Å². The fraction of sp³-hybridized carbons (Fsp3) is 0.316. The molecule has 1 unspecified atom stereocenters. The van der Waals surface area contributed by atoms with Crippen LogP contribution in [0.4, 0.5) is 8.78 Å². The molecule has 0 heterocycles. The summed E-state index contributed by atoms with van der Waals surface area (Å²) in [5, 5.41) is 8.95. The maximum atomic E-state index is 14.3. The molecule has 1 N–H and O–H groups in total. The number of nitrogens with zero attached hydrogens (tertiary/aromatic N) is 1. The van der Waals surface area contributed by atoms with Crippen molar-refractivity contribution in [2.24, 2.45) is 0 Å². The molecule has 6 nitrogen and oxygen atoms in total. The van der Waals surface area contributed by atoms with Crippen molar-refractivity contribution >= 4 is 39.2 Å². The molecule has 0 saturated carbocycles. The minimum Gasteiger partial charge on any atom is -0.479 e. The normalized spacial score (nSPS) is 16.4. The number of ether oxygens (including phenoxy) is 1. The van der Waals surface area contributed by atoms with E-state index in [1.165, 1.54) is 25.2 Å². The van der Waals surface area contributed by atoms with Gasteiger partial charge in [0.25, 0.3) is 0 Å². The van der Waals surface area contributed by atoms with Gasteiger partial charge in [-0.1, -0.05) is 23.2 Å². The number of halogens is 4. The lowest BCUT2D eigenvalue weighted by Gasteiger charge is -2.33. The summed E-state index contributed by atoms with van der Waals surface area (Å²) in [6.45, 7) is -0.857. The third kappa shape index (κ3) is 4.25. The molecular formula is C19H17Cl2F2NO5S. The van der Waals surface area contributed by atoms with E-state index >= 15 is 0 Å². The minimum atomic E-state index is -4.13. The van der Waals surface area contributed by atoms with Crippen LogP contribution < -0.4 is 4.74 Å². The summed E-state index contributed by atoms with van der Waals surface area (Å²) in [5.41, 5.74) is 0.454. The monoisotopic (exact) mass is 479 g/mol. The lowest BCUT2D eigenvalue weighted by molar-refractivity contribution is -0.139. The van der Waals surface area contributed by atoms with Crippen molar-refractivity contribution < 1.29 is 31.8 Å². The lowest BCUT2D eigenvalue weighted by atomic mass is 9.86. The molecule has 30 heavy (non-hydrogen) atoms. The predicted octanol–water partition coefficient (Wildman–Crippen LogP) is 4.43. The first-order valence-corrected chi connectivity index (χ1v) is 11.0. The summed E-state index contributed by atoms with van der Waals surface area (Å²) in [7, 11) is -2.82. The third-order valence-electron chi connectivity index (χ3n) is 4.91. The molecule has 0 aliphatic heterocycles. The molecular weight excluding hydrogens is 463 g/mol. The average Bonchev–Trinajstić information content (AvgIpc) is 2.69. The Morgan fingerprint density at radius 2 is 2.00 bits per heavy atom. The summed E-state index contributed by atoms with van der Waals surface area (Å²) >= 11 is 12.0. The van der Waals surface area contributed by atoms with Gasteiger partial charge in [0, 0.05) is 17.6 Å². The molecule has 0 radical (unpaired) electrons. The van der Waals surface area contributed by atoms with Crippen LogP contribution in [0.1, 0.15) is 30.0 Å². The van der Waals surface area contributed by atoms with E-state index in [1.807, 2.05) is 0 Å². The Kier molecular flexibility index (Phi) is 6.57. The summed E-state index contributed by atoms with van der Waals surface area (Å²) in [5.74, 6) is -4.43. The molecule has 0 saturated heterocycles. The van der Waals surface area contributed by atoms with Crippen LogP contribution in [0.2, 0.25) is 10.0 Å². The molecule has 1 aliphatic carbocycles. The van der Waals surface area contributed by atoms with Crippen molar-refractivity contribution in [3.05, 3.63) is 57.1 Å². The van der Waals surface area contributed by atoms with Gasteiger partial charge in [-0.25, -0.2) is 17.6 Å². The number of carbonyl (C=O) groups is 1. The number of fused-ring (bicyclic) bond motifs is 1. The maximum Gasteiger partial charge on any atom is 0.341 e. The van der Waals surface area contributed by atoms with E-state index in [1.54, 1.807) is 0 Å². The van der Waals surface area contributed by atoms with Crippen LogP contribution in [0.3, 0.4) is 0 Å². The topological polar surface area (TPSA) is 83.9 Å². The van der Waals surface area contributed by atoms with Crippen LogP contribution in [0, 0.1) is 11.6 Å². The third-order valence-corrected chi connectivity index (χ3v) is 7.49. The molecule has 1 atom stereocenters. The molecule has 2 aromatic rings. The van der Waals surface area contributed by atoms with Crippen LogP contribution in [-0.2, 0) is 21.2 Å². The summed E-state index contributed by atoms with van der Waals surface area (Å²) < 4.78 is 60.9. The van der Waals surface area contributed by atoms with E-state index in [-0.39, 0.29) is 32.5 Å². The number of sulfonamides is 1. The van der Waals surface area contributed by atoms with Crippen molar-refractivity contribution in [3.8, 4) is 5.75 Å². The first kappa shape index (κ1) is 22.7. The molecule has 11 heteroatoms. The van der Waals surface area contributed by atoms with Crippen molar-refractivity contribution in [3.63, 3.8) is 0 Å². The molecule has 1 aliphatic rings. The van der Waals surface area contributed by atoms with E-state index in [0.29, 0.717) is 12.8 Å². The van der Waals surface area contributed by atoms with Crippen molar-refractivity contribution in [2.45, 2.75) is 30.2 Å². The molecule has 3 rings (SSSR count). The number of aliphatic carboxylic acids is 1. The molecule has 0 bridgehead atoms. The molecule has 2 aromatic carbocycles. The Balaban J connectivity index is 2.08. The number of benzene rings is 2. The second-order valence-electron chi connectivity index (χ2n) is 6.76. The van der Waals surface area contributed by atoms with Crippen LogP contribution >= 0.6 is 23.2 Å². The zero-order chi connectivity index (χ0) is 22.2. The van der Waals surface area contributed by atoms with Gasteiger partial charge in [0.1, 0.15) is 4.90 Å². The van der Waals surface area contributed by atoms with E-state index in [0.717, 1.165) is 10.4 Å². The Bertz CT molecular complexity index is 1110. The molecule has 0 spiro atoms. The Labute approximate surface area is 182 Å². The zero-order valence-electron chi connectivity index (χ0n) is 15.7. The fourth-order valence-electron chi connectivity index (χ4n) is 3.50. The number of hydrogen-bond acceptors (Lipinski definition) is 4. The van der Waals surface area contributed by atoms with Gasteiger partial charge in [0.2, 0.25) is 15.8 Å². The molecule has 0 amide bonds. The number of hydrogen-bond donors (Lipinski definition) is 1. The number of carboxylic acid groups (broad SMARTS) is 1. The Morgan fingerprint density at radius 3 is 2.67 bits per heavy atom. The SMILES string of the molecule is CN(C1CCCc2c1cc(F)c(F)c2OCC(=O)O)S(=O)(=O)c1cc(Cl)ccc1Cl. The highest BCUT2D eigenvalue weighted by molar-refractivity contribution is 7.89. The van der Waals surface area contributed by atoms with Gasteiger partial charge in [-0.05, 0) is 49.1 Å². The first-order valence-electron chi connectivity index (χ1n) is 8.82. The number of carboxylic acids is 1. The van der Waals surface area contributed by atoms with Gasteiger partial charge in [-0.3, -0.25) is 0 Å². The van der Waals surface area contributed by atoms with E-state index in [4.69, 9.17) is 33.0 Å². The molecule has 0 aromatic heterocycles. The van der Waals surface area contributed by atoms with Crippen LogP contribution in [-0.4, -0.2) is 37.5 Å². The largest absolute Gasteiger partial charge is 0.479 e. The van der Waals surface area contributed by atoms with Gasteiger partial charge >= 0.3 is 5.97 Å². The van der Waals surface area contributed by atoms with Gasteiger partial charge < -0.3 is 9.84 Å². The average molecular weight is 480 g/mol. The summed E-state index contributed by atoms with van der Waals surface area (Å²) in [4.78, 5) is 10.6. The van der Waals surface area contributed by atoms with Crippen molar-refractivity contribution in [1.82, 2.24) is 4.31 Å². The van der Waals surface area contributed by atoms with Gasteiger partial charge in [0.15, 0.2) is 18.2 Å². The molecule has 162 valence electrons.